The lowest BCUT2D eigenvalue weighted by atomic mass is 10.1. The van der Waals surface area contributed by atoms with E-state index in [9.17, 15) is 9.18 Å². The van der Waals surface area contributed by atoms with Crippen molar-refractivity contribution in [3.8, 4) is 11.5 Å². The molecule has 3 aromatic carbocycles. The number of anilines is 1. The van der Waals surface area contributed by atoms with Gasteiger partial charge in [-0.2, -0.15) is 0 Å². The molecule has 0 bridgehead atoms. The summed E-state index contributed by atoms with van der Waals surface area (Å²) in [4.78, 5) is 12.3. The van der Waals surface area contributed by atoms with Crippen molar-refractivity contribution in [3.63, 3.8) is 0 Å². The van der Waals surface area contributed by atoms with Gasteiger partial charge in [0.05, 0.1) is 12.1 Å². The van der Waals surface area contributed by atoms with Gasteiger partial charge in [0.15, 0.2) is 11.5 Å². The molecule has 7 heteroatoms. The van der Waals surface area contributed by atoms with Gasteiger partial charge >= 0.3 is 0 Å². The number of ether oxygens (including phenoxy) is 2. The monoisotopic (exact) mass is 470 g/mol. The van der Waals surface area contributed by atoms with E-state index in [2.05, 4.69) is 10.6 Å². The summed E-state index contributed by atoms with van der Waals surface area (Å²) in [6.45, 7) is 5.22. The zero-order valence-corrected chi connectivity index (χ0v) is 19.7. The molecule has 0 aliphatic heterocycles. The highest BCUT2D eigenvalue weighted by Gasteiger charge is 2.14. The molecular weight excluding hydrogens is 443 g/mol. The number of carbonyl (C=O) groups excluding carboxylic acids is 1. The third-order valence-electron chi connectivity index (χ3n) is 4.91. The first-order valence-corrected chi connectivity index (χ1v) is 11.1. The SMILES string of the molecule is COc1cc(CNc2cccc(C(=O)NCC(C)C)c2)cc(Cl)c1OCc1ccccc1F. The molecule has 3 rings (SSSR count). The van der Waals surface area contributed by atoms with Crippen molar-refractivity contribution in [1.29, 1.82) is 0 Å². The number of hydrogen-bond donors (Lipinski definition) is 2. The number of benzene rings is 3. The lowest BCUT2D eigenvalue weighted by molar-refractivity contribution is 0.0949. The van der Waals surface area contributed by atoms with Crippen LogP contribution in [0.5, 0.6) is 11.5 Å². The van der Waals surface area contributed by atoms with Crippen LogP contribution >= 0.6 is 11.6 Å². The van der Waals surface area contributed by atoms with Crippen molar-refractivity contribution >= 4 is 23.2 Å². The maximum absolute atomic E-state index is 13.9. The highest BCUT2D eigenvalue weighted by atomic mass is 35.5. The van der Waals surface area contributed by atoms with Gasteiger partial charge in [-0.05, 0) is 47.9 Å². The Kier molecular flexibility index (Phi) is 8.55. The summed E-state index contributed by atoms with van der Waals surface area (Å²) in [6, 6.07) is 17.3. The molecule has 0 radical (unpaired) electrons. The standard InChI is InChI=1S/C26H28ClFN2O3/c1-17(2)14-30-26(31)19-8-6-9-21(13-19)29-15-18-11-22(27)25(24(12-18)32-3)33-16-20-7-4-5-10-23(20)28/h4-13,17,29H,14-16H2,1-3H3,(H,30,31). The van der Waals surface area contributed by atoms with E-state index in [1.54, 1.807) is 36.4 Å². The first-order chi connectivity index (χ1) is 15.9. The number of halogens is 2. The number of carbonyl (C=O) groups is 1. The second-order valence-electron chi connectivity index (χ2n) is 8.03. The van der Waals surface area contributed by atoms with Gasteiger partial charge in [-0.25, -0.2) is 4.39 Å². The van der Waals surface area contributed by atoms with E-state index < -0.39 is 0 Å². The fraction of sp³-hybridized carbons (Fsp3) is 0.269. The first kappa shape index (κ1) is 24.4. The second-order valence-corrected chi connectivity index (χ2v) is 8.43. The third-order valence-corrected chi connectivity index (χ3v) is 5.19. The Hall–Kier alpha value is -3.25. The van der Waals surface area contributed by atoms with Crippen molar-refractivity contribution in [2.24, 2.45) is 5.92 Å². The van der Waals surface area contributed by atoms with Crippen LogP contribution in [0.2, 0.25) is 5.02 Å². The van der Waals surface area contributed by atoms with Gasteiger partial charge in [0, 0.05) is 29.9 Å². The van der Waals surface area contributed by atoms with Crippen LogP contribution < -0.4 is 20.1 Å². The van der Waals surface area contributed by atoms with E-state index in [-0.39, 0.29) is 18.3 Å². The van der Waals surface area contributed by atoms with E-state index >= 15 is 0 Å². The van der Waals surface area contributed by atoms with Crippen LogP contribution in [0, 0.1) is 11.7 Å². The van der Waals surface area contributed by atoms with E-state index in [0.717, 1.165) is 11.3 Å². The molecule has 0 aliphatic carbocycles. The molecule has 0 fully saturated rings. The minimum absolute atomic E-state index is 0.0337. The van der Waals surface area contributed by atoms with Gasteiger partial charge < -0.3 is 20.1 Å². The highest BCUT2D eigenvalue weighted by Crippen LogP contribution is 2.37. The molecule has 0 heterocycles. The number of methoxy groups -OCH3 is 1. The summed E-state index contributed by atoms with van der Waals surface area (Å²) in [5, 5.41) is 6.58. The number of amides is 1. The lowest BCUT2D eigenvalue weighted by Crippen LogP contribution is -2.27. The third kappa shape index (κ3) is 6.86. The molecule has 5 nitrogen and oxygen atoms in total. The summed E-state index contributed by atoms with van der Waals surface area (Å²) in [7, 11) is 1.53. The summed E-state index contributed by atoms with van der Waals surface area (Å²) >= 11 is 6.45. The zero-order chi connectivity index (χ0) is 23.8. The van der Waals surface area contributed by atoms with E-state index in [1.165, 1.54) is 13.2 Å². The van der Waals surface area contributed by atoms with Gasteiger partial charge in [0.25, 0.3) is 5.91 Å². The van der Waals surface area contributed by atoms with E-state index in [4.69, 9.17) is 21.1 Å². The Morgan fingerprint density at radius 1 is 1.09 bits per heavy atom. The van der Waals surface area contributed by atoms with Crippen molar-refractivity contribution in [2.45, 2.75) is 27.0 Å². The molecule has 2 N–H and O–H groups in total. The second kappa shape index (κ2) is 11.6. The Bertz CT molecular complexity index is 1100. The van der Waals surface area contributed by atoms with Crippen LogP contribution in [-0.4, -0.2) is 19.6 Å². The Balaban J connectivity index is 1.67. The predicted molar refractivity (Wildman–Crippen MR) is 130 cm³/mol. The van der Waals surface area contributed by atoms with Crippen LogP contribution in [0.15, 0.2) is 60.7 Å². The Morgan fingerprint density at radius 2 is 1.88 bits per heavy atom. The zero-order valence-electron chi connectivity index (χ0n) is 19.0. The van der Waals surface area contributed by atoms with Crippen LogP contribution in [-0.2, 0) is 13.2 Å². The lowest BCUT2D eigenvalue weighted by Gasteiger charge is -2.15. The molecule has 0 saturated carbocycles. The van der Waals surface area contributed by atoms with Gasteiger partial charge in [-0.1, -0.05) is 49.7 Å². The maximum atomic E-state index is 13.9. The summed E-state index contributed by atoms with van der Waals surface area (Å²) < 4.78 is 25.1. The Labute approximate surface area is 198 Å². The molecule has 0 atom stereocenters. The van der Waals surface area contributed by atoms with E-state index in [0.29, 0.717) is 46.7 Å². The fourth-order valence-electron chi connectivity index (χ4n) is 3.15. The number of nitrogens with one attached hydrogen (secondary N) is 2. The van der Waals surface area contributed by atoms with Crippen LogP contribution in [0.1, 0.15) is 35.3 Å². The van der Waals surface area contributed by atoms with Crippen molar-refractivity contribution < 1.29 is 18.7 Å². The molecule has 33 heavy (non-hydrogen) atoms. The van der Waals surface area contributed by atoms with Gasteiger partial charge in [-0.15, -0.1) is 0 Å². The molecule has 0 aromatic heterocycles. The first-order valence-electron chi connectivity index (χ1n) is 10.7. The van der Waals surface area contributed by atoms with Crippen LogP contribution in [0.3, 0.4) is 0 Å². The minimum atomic E-state index is -0.339. The molecule has 0 saturated heterocycles. The van der Waals surface area contributed by atoms with Crippen molar-refractivity contribution in [1.82, 2.24) is 5.32 Å². The average Bonchev–Trinajstić information content (AvgIpc) is 2.81. The molecular formula is C26H28ClFN2O3. The fourth-order valence-corrected chi connectivity index (χ4v) is 3.44. The van der Waals surface area contributed by atoms with Gasteiger partial charge in [0.2, 0.25) is 0 Å². The van der Waals surface area contributed by atoms with E-state index in [1.807, 2.05) is 32.0 Å². The summed E-state index contributed by atoms with van der Waals surface area (Å²) in [5.41, 5.74) is 2.69. The maximum Gasteiger partial charge on any atom is 0.251 e. The predicted octanol–water partition coefficient (Wildman–Crippen LogP) is 6.06. The smallest absolute Gasteiger partial charge is 0.251 e. The van der Waals surface area contributed by atoms with Gasteiger partial charge in [0.1, 0.15) is 12.4 Å². The number of hydrogen-bond acceptors (Lipinski definition) is 4. The summed E-state index contributed by atoms with van der Waals surface area (Å²) in [5.74, 6) is 0.753. The Morgan fingerprint density at radius 3 is 2.61 bits per heavy atom. The molecule has 1 amide bonds. The number of rotatable bonds is 10. The molecule has 0 spiro atoms. The van der Waals surface area contributed by atoms with Crippen molar-refractivity contribution in [3.05, 3.63) is 88.2 Å². The molecule has 174 valence electrons. The van der Waals surface area contributed by atoms with Crippen LogP contribution in [0.25, 0.3) is 0 Å². The van der Waals surface area contributed by atoms with Crippen molar-refractivity contribution in [2.75, 3.05) is 19.0 Å². The minimum Gasteiger partial charge on any atom is -0.493 e. The highest BCUT2D eigenvalue weighted by molar-refractivity contribution is 6.32. The molecule has 0 unspecified atom stereocenters. The summed E-state index contributed by atoms with van der Waals surface area (Å²) in [6.07, 6.45) is 0. The van der Waals surface area contributed by atoms with Gasteiger partial charge in [-0.3, -0.25) is 4.79 Å². The topological polar surface area (TPSA) is 59.6 Å². The quantitative estimate of drug-likeness (QED) is 0.378. The molecule has 3 aromatic rings. The average molecular weight is 471 g/mol. The molecule has 0 aliphatic rings. The normalized spacial score (nSPS) is 10.7. The van der Waals surface area contributed by atoms with Crippen LogP contribution in [0.4, 0.5) is 10.1 Å². The largest absolute Gasteiger partial charge is 0.493 e.